The molecule has 0 saturated carbocycles. The van der Waals surface area contributed by atoms with E-state index in [9.17, 15) is 19.3 Å². The highest BCUT2D eigenvalue weighted by Crippen LogP contribution is 2.44. The fourth-order valence-electron chi connectivity index (χ4n) is 3.26. The number of thioether (sulfide) groups is 1. The molecule has 0 aromatic carbocycles. The first-order valence-corrected chi connectivity index (χ1v) is 11.3. The van der Waals surface area contributed by atoms with E-state index in [0.29, 0.717) is 5.75 Å². The van der Waals surface area contributed by atoms with Crippen LogP contribution in [-0.2, 0) is 23.1 Å². The Morgan fingerprint density at radius 2 is 2.34 bits per heavy atom. The molecule has 2 aliphatic rings. The molecule has 32 heavy (non-hydrogen) atoms. The van der Waals surface area contributed by atoms with Crippen molar-refractivity contribution in [1.82, 2.24) is 24.8 Å². The van der Waals surface area contributed by atoms with Crippen LogP contribution in [0.25, 0.3) is 21.6 Å². The second-order valence-corrected chi connectivity index (χ2v) is 8.60. The van der Waals surface area contributed by atoms with E-state index in [1.54, 1.807) is 0 Å². The van der Waals surface area contributed by atoms with Gasteiger partial charge in [0.2, 0.25) is 11.9 Å². The van der Waals surface area contributed by atoms with Gasteiger partial charge >= 0.3 is 8.25 Å². The number of ether oxygens (including phenoxy) is 1. The fourth-order valence-corrected chi connectivity index (χ4v) is 4.92. The van der Waals surface area contributed by atoms with Crippen LogP contribution in [0.4, 0.5) is 5.95 Å². The van der Waals surface area contributed by atoms with Gasteiger partial charge in [0.25, 0.3) is 5.56 Å². The summed E-state index contributed by atoms with van der Waals surface area (Å²) in [7, 11) is -2.38. The van der Waals surface area contributed by atoms with Crippen LogP contribution in [0.3, 0.4) is 0 Å². The number of fused-ring (bicyclic) bond motifs is 2. The zero-order valence-electron chi connectivity index (χ0n) is 16.2. The first-order chi connectivity index (χ1) is 15.4. The van der Waals surface area contributed by atoms with Crippen LogP contribution in [0.15, 0.2) is 15.1 Å². The summed E-state index contributed by atoms with van der Waals surface area (Å²) in [4.78, 5) is 37.2. The number of nitrogen functional groups attached to an aromatic ring is 1. The summed E-state index contributed by atoms with van der Waals surface area (Å²) in [5.41, 5.74) is 13.4. The Labute approximate surface area is 183 Å². The zero-order chi connectivity index (χ0) is 22.8. The van der Waals surface area contributed by atoms with Gasteiger partial charge in [0.15, 0.2) is 28.7 Å². The predicted octanol–water partition coefficient (Wildman–Crippen LogP) is -0.448. The number of hydrogen-bond acceptors (Lipinski definition) is 12. The number of aliphatic hydroxyl groups excluding tert-OH is 1. The van der Waals surface area contributed by atoms with Crippen molar-refractivity contribution in [3.63, 3.8) is 0 Å². The van der Waals surface area contributed by atoms with Crippen molar-refractivity contribution in [1.29, 1.82) is 0 Å². The van der Waals surface area contributed by atoms with Gasteiger partial charge < -0.3 is 20.9 Å². The molecule has 170 valence electrons. The van der Waals surface area contributed by atoms with Gasteiger partial charge in [-0.3, -0.25) is 19.1 Å². The zero-order valence-corrected chi connectivity index (χ0v) is 17.9. The molecule has 2 aliphatic heterocycles. The summed E-state index contributed by atoms with van der Waals surface area (Å²) in [6.45, 7) is -0.167. The lowest BCUT2D eigenvalue weighted by Crippen LogP contribution is -2.37. The highest BCUT2D eigenvalue weighted by Gasteiger charge is 2.55. The van der Waals surface area contributed by atoms with E-state index in [1.807, 2.05) is 0 Å². The van der Waals surface area contributed by atoms with Gasteiger partial charge in [-0.1, -0.05) is 16.9 Å². The average molecular weight is 486 g/mol. The maximum atomic E-state index is 12.3. The summed E-state index contributed by atoms with van der Waals surface area (Å²) in [5.74, 6) is -0.286. The van der Waals surface area contributed by atoms with Gasteiger partial charge in [0.1, 0.15) is 25.4 Å². The molecule has 4 rings (SSSR count). The van der Waals surface area contributed by atoms with Crippen LogP contribution in [0.2, 0.25) is 0 Å². The van der Waals surface area contributed by atoms with Crippen molar-refractivity contribution in [2.45, 2.75) is 29.7 Å². The van der Waals surface area contributed by atoms with E-state index in [1.165, 1.54) is 4.57 Å². The maximum Gasteiger partial charge on any atom is 0.697 e. The molecule has 1 amide bonds. The molecule has 2 aromatic rings. The molecule has 0 radical (unpaired) electrons. The lowest BCUT2D eigenvalue weighted by atomic mass is 10.1. The molecule has 0 bridgehead atoms. The molecular weight excluding hydrogens is 469 g/mol. The van der Waals surface area contributed by atoms with Crippen LogP contribution >= 0.6 is 20.0 Å². The normalized spacial score (nSPS) is 26.0. The van der Waals surface area contributed by atoms with Gasteiger partial charge in [0, 0.05) is 21.8 Å². The molecule has 4 heterocycles. The molecule has 3 unspecified atom stereocenters. The topological polar surface area (TPSA) is 232 Å². The maximum absolute atomic E-state index is 12.3. The van der Waals surface area contributed by atoms with Crippen molar-refractivity contribution in [2.24, 2.45) is 5.11 Å². The van der Waals surface area contributed by atoms with Gasteiger partial charge in [0.05, 0.1) is 0 Å². The second kappa shape index (κ2) is 9.38. The summed E-state index contributed by atoms with van der Waals surface area (Å²) < 4.78 is 29.0. The summed E-state index contributed by atoms with van der Waals surface area (Å²) in [6, 6.07) is 0. The molecule has 2 aromatic heterocycles. The number of H-pyrrole nitrogens is 1. The van der Waals surface area contributed by atoms with Crippen LogP contribution in [-0.4, -0.2) is 74.3 Å². The Morgan fingerprint density at radius 3 is 3.12 bits per heavy atom. The number of hydrogen-bond donors (Lipinski definition) is 4. The van der Waals surface area contributed by atoms with Crippen LogP contribution in [0.1, 0.15) is 6.23 Å². The number of nitrogens with two attached hydrogens (primary N) is 1. The highest BCUT2D eigenvalue weighted by molar-refractivity contribution is 7.99. The van der Waals surface area contributed by atoms with Crippen molar-refractivity contribution in [2.75, 3.05) is 31.2 Å². The van der Waals surface area contributed by atoms with Crippen molar-refractivity contribution in [3.05, 3.63) is 20.8 Å². The van der Waals surface area contributed by atoms with Gasteiger partial charge in [-0.2, -0.15) is 4.98 Å². The fraction of sp³-hybridized carbons (Fsp3) is 0.571. The molecule has 16 nitrogen and oxygen atoms in total. The monoisotopic (exact) mass is 486 g/mol. The first-order valence-electron chi connectivity index (χ1n) is 9.17. The predicted molar refractivity (Wildman–Crippen MR) is 109 cm³/mol. The summed E-state index contributed by atoms with van der Waals surface area (Å²) >= 11 is 1.16. The van der Waals surface area contributed by atoms with Crippen molar-refractivity contribution in [3.8, 4) is 0 Å². The SMILES string of the molecule is [N-]=[N+]=NCC(=O)NCCSc1nc2c(=O)[nH]c(N)nc2n1[C@@H]1OC2CO[P+](=O)O[C@H]2C1O. The third-order valence-corrected chi connectivity index (χ3v) is 6.32. The summed E-state index contributed by atoms with van der Waals surface area (Å²) in [5, 5.41) is 16.8. The lowest BCUT2D eigenvalue weighted by molar-refractivity contribution is -0.119. The summed E-state index contributed by atoms with van der Waals surface area (Å²) in [6.07, 6.45) is -3.94. The Morgan fingerprint density at radius 1 is 1.53 bits per heavy atom. The minimum atomic E-state index is -2.38. The number of carbonyl (C=O) groups is 1. The van der Waals surface area contributed by atoms with Crippen molar-refractivity contribution < 1.29 is 28.3 Å². The lowest BCUT2D eigenvalue weighted by Gasteiger charge is -2.18. The van der Waals surface area contributed by atoms with Crippen LogP contribution in [0, 0.1) is 0 Å². The third kappa shape index (κ3) is 4.40. The number of aromatic nitrogens is 4. The number of azide groups is 1. The number of carbonyl (C=O) groups excluding carboxylic acids is 1. The van der Waals surface area contributed by atoms with E-state index in [2.05, 4.69) is 30.3 Å². The van der Waals surface area contributed by atoms with E-state index in [-0.39, 0.29) is 42.0 Å². The van der Waals surface area contributed by atoms with E-state index in [4.69, 9.17) is 25.0 Å². The number of nitrogens with one attached hydrogen (secondary N) is 2. The Bertz CT molecular complexity index is 1170. The van der Waals surface area contributed by atoms with E-state index < -0.39 is 44.3 Å². The average Bonchev–Trinajstić information content (AvgIpc) is 3.27. The highest BCUT2D eigenvalue weighted by atomic mass is 32.2. The second-order valence-electron chi connectivity index (χ2n) is 6.62. The largest absolute Gasteiger partial charge is 0.697 e. The molecule has 0 aliphatic carbocycles. The molecule has 2 saturated heterocycles. The standard InChI is InChI=1S/C14H16N9O7PS/c15-13-20-10-7(11(26)21-13)19-14(32-2-1-17-6(24)3-18-22-16)23(10)12-8(25)9-5(29-12)4-28-31(27)30-9/h5,8-9,12,25H,1-4H2,(H3-,15,17,20,21,24,26)/p+1/t5?,8?,9-,12-/m1/s1. The number of anilines is 1. The van der Waals surface area contributed by atoms with E-state index >= 15 is 0 Å². The van der Waals surface area contributed by atoms with Gasteiger partial charge in [-0.25, -0.2) is 4.98 Å². The minimum Gasteiger partial charge on any atom is -0.385 e. The Kier molecular flexibility index (Phi) is 6.57. The number of nitrogens with zero attached hydrogens (tertiary/aromatic N) is 6. The smallest absolute Gasteiger partial charge is 0.385 e. The van der Waals surface area contributed by atoms with E-state index in [0.717, 1.165) is 11.8 Å². The molecule has 5 N–H and O–H groups in total. The molecule has 5 atom stereocenters. The number of aliphatic hydroxyl groups is 1. The number of amides is 1. The minimum absolute atomic E-state index is 0.0250. The van der Waals surface area contributed by atoms with Crippen LogP contribution in [0.5, 0.6) is 0 Å². The van der Waals surface area contributed by atoms with Crippen molar-refractivity contribution >= 4 is 43.0 Å². The molecule has 0 spiro atoms. The van der Waals surface area contributed by atoms with Crippen LogP contribution < -0.4 is 16.6 Å². The van der Waals surface area contributed by atoms with Gasteiger partial charge in [-0.15, -0.1) is 9.05 Å². The Balaban J connectivity index is 1.60. The molecular formula is C14H17N9O7PS+. The number of rotatable bonds is 7. The number of imidazole rings is 1. The van der Waals surface area contributed by atoms with Gasteiger partial charge in [-0.05, 0) is 5.53 Å². The first kappa shape index (κ1) is 22.4. The Hall–Kier alpha value is -2.78. The molecule has 18 heteroatoms. The quantitative estimate of drug-likeness (QED) is 0.0977. The molecule has 2 fully saturated rings. The number of aromatic amines is 1. The third-order valence-electron chi connectivity index (χ3n) is 4.59.